The average Bonchev–Trinajstić information content (AvgIpc) is 3.20. The van der Waals surface area contributed by atoms with Crippen LogP contribution in [0.15, 0.2) is 18.3 Å². The van der Waals surface area contributed by atoms with Crippen molar-refractivity contribution in [3.05, 3.63) is 23.9 Å². The maximum absolute atomic E-state index is 12.6. The molecule has 3 fully saturated rings. The van der Waals surface area contributed by atoms with Crippen molar-refractivity contribution >= 4 is 23.4 Å². The summed E-state index contributed by atoms with van der Waals surface area (Å²) >= 11 is 0. The van der Waals surface area contributed by atoms with Crippen LogP contribution >= 0.6 is 0 Å². The van der Waals surface area contributed by atoms with Gasteiger partial charge in [-0.05, 0) is 63.0 Å². The second kappa shape index (κ2) is 8.51. The Hall–Kier alpha value is -2.44. The lowest BCUT2D eigenvalue weighted by Gasteiger charge is -2.41. The molecule has 4 rings (SSSR count). The van der Waals surface area contributed by atoms with Crippen molar-refractivity contribution in [1.29, 1.82) is 0 Å². The third-order valence-corrected chi connectivity index (χ3v) is 6.83. The van der Waals surface area contributed by atoms with E-state index in [1.807, 2.05) is 17.0 Å². The molecule has 3 aliphatic heterocycles. The second-order valence-electron chi connectivity index (χ2n) is 8.61. The van der Waals surface area contributed by atoms with E-state index >= 15 is 0 Å². The molecular formula is C22H30N4O3. The quantitative estimate of drug-likeness (QED) is 0.785. The molecule has 0 aliphatic carbocycles. The summed E-state index contributed by atoms with van der Waals surface area (Å²) < 4.78 is 0. The van der Waals surface area contributed by atoms with Crippen LogP contribution in [0.4, 0.5) is 5.82 Å². The molecule has 0 spiro atoms. The maximum atomic E-state index is 12.6. The summed E-state index contributed by atoms with van der Waals surface area (Å²) in [7, 11) is 0. The van der Waals surface area contributed by atoms with E-state index in [0.29, 0.717) is 30.2 Å². The smallest absolute Gasteiger partial charge is 0.245 e. The van der Waals surface area contributed by atoms with Gasteiger partial charge in [-0.2, -0.15) is 0 Å². The fourth-order valence-corrected chi connectivity index (χ4v) is 4.99. The van der Waals surface area contributed by atoms with Crippen LogP contribution < -0.4 is 10.2 Å². The Bertz CT molecular complexity index is 763. The molecule has 2 amide bonds. The summed E-state index contributed by atoms with van der Waals surface area (Å²) in [5, 5.41) is 2.80. The van der Waals surface area contributed by atoms with Crippen LogP contribution in [-0.2, 0) is 9.59 Å². The first-order chi connectivity index (χ1) is 14.0. The van der Waals surface area contributed by atoms with Crippen molar-refractivity contribution in [1.82, 2.24) is 15.2 Å². The number of hydrogen-bond donors (Lipinski definition) is 1. The number of anilines is 1. The van der Waals surface area contributed by atoms with Crippen molar-refractivity contribution in [3.8, 4) is 0 Å². The van der Waals surface area contributed by atoms with Gasteiger partial charge in [0.25, 0.3) is 0 Å². The molecule has 1 aromatic rings. The van der Waals surface area contributed by atoms with Crippen molar-refractivity contribution in [2.75, 3.05) is 31.1 Å². The van der Waals surface area contributed by atoms with Gasteiger partial charge in [-0.15, -0.1) is 0 Å². The zero-order valence-electron chi connectivity index (χ0n) is 17.1. The van der Waals surface area contributed by atoms with Gasteiger partial charge in [-0.3, -0.25) is 14.4 Å². The van der Waals surface area contributed by atoms with Gasteiger partial charge in [0.15, 0.2) is 5.78 Å². The van der Waals surface area contributed by atoms with Gasteiger partial charge >= 0.3 is 0 Å². The number of carbonyl (C=O) groups excluding carboxylic acids is 3. The van der Waals surface area contributed by atoms with E-state index in [4.69, 9.17) is 0 Å². The standard InChI is InChI=1S/C22H30N4O3/c1-15(27)18-2-4-20(23-14-18)25-10-6-16(7-11-25)17-8-12-26(13-9-17)22(29)19-3-5-21(28)24-19/h2,4,14,16-17,19H,3,5-13H2,1H3,(H,24,28). The Morgan fingerprint density at radius 3 is 2.17 bits per heavy atom. The minimum Gasteiger partial charge on any atom is -0.357 e. The Balaban J connectivity index is 1.24. The van der Waals surface area contributed by atoms with Gasteiger partial charge in [-0.25, -0.2) is 4.98 Å². The maximum Gasteiger partial charge on any atom is 0.245 e. The predicted octanol–water partition coefficient (Wildman–Crippen LogP) is 2.02. The van der Waals surface area contributed by atoms with E-state index in [1.54, 1.807) is 13.1 Å². The summed E-state index contributed by atoms with van der Waals surface area (Å²) in [6.45, 7) is 5.16. The highest BCUT2D eigenvalue weighted by Gasteiger charge is 2.35. The largest absolute Gasteiger partial charge is 0.357 e. The van der Waals surface area contributed by atoms with E-state index in [2.05, 4.69) is 15.2 Å². The van der Waals surface area contributed by atoms with Crippen LogP contribution in [-0.4, -0.2) is 59.7 Å². The van der Waals surface area contributed by atoms with Crippen LogP contribution in [0.25, 0.3) is 0 Å². The molecule has 4 heterocycles. The number of likely N-dealkylation sites (tertiary alicyclic amines) is 1. The summed E-state index contributed by atoms with van der Waals surface area (Å²) in [6, 6.07) is 3.50. The summed E-state index contributed by atoms with van der Waals surface area (Å²) in [6.07, 6.45) is 7.19. The lowest BCUT2D eigenvalue weighted by molar-refractivity contribution is -0.136. The molecule has 1 unspecified atom stereocenters. The first kappa shape index (κ1) is 19.9. The molecule has 29 heavy (non-hydrogen) atoms. The fraction of sp³-hybridized carbons (Fsp3) is 0.636. The molecule has 3 saturated heterocycles. The SMILES string of the molecule is CC(=O)c1ccc(N2CCC(C3CCN(C(=O)C4CCC(=O)N4)CC3)CC2)nc1. The highest BCUT2D eigenvalue weighted by molar-refractivity contribution is 5.93. The first-order valence-electron chi connectivity index (χ1n) is 10.8. The highest BCUT2D eigenvalue weighted by Crippen LogP contribution is 2.34. The van der Waals surface area contributed by atoms with Crippen molar-refractivity contribution in [2.45, 2.75) is 51.5 Å². The lowest BCUT2D eigenvalue weighted by atomic mass is 9.78. The van der Waals surface area contributed by atoms with Crippen molar-refractivity contribution in [2.24, 2.45) is 11.8 Å². The number of rotatable bonds is 4. The van der Waals surface area contributed by atoms with Crippen LogP contribution in [0.2, 0.25) is 0 Å². The summed E-state index contributed by atoms with van der Waals surface area (Å²) in [4.78, 5) is 44.1. The van der Waals surface area contributed by atoms with Crippen LogP contribution in [0, 0.1) is 11.8 Å². The molecule has 7 nitrogen and oxygen atoms in total. The second-order valence-corrected chi connectivity index (χ2v) is 8.61. The molecule has 0 radical (unpaired) electrons. The Kier molecular flexibility index (Phi) is 5.83. The number of nitrogens with zero attached hydrogens (tertiary/aromatic N) is 3. The van der Waals surface area contributed by atoms with E-state index in [0.717, 1.165) is 57.7 Å². The van der Waals surface area contributed by atoms with Gasteiger partial charge < -0.3 is 15.1 Å². The molecule has 0 bridgehead atoms. The number of aromatic nitrogens is 1. The molecule has 3 aliphatic rings. The Labute approximate surface area is 171 Å². The number of carbonyl (C=O) groups is 3. The first-order valence-corrected chi connectivity index (χ1v) is 10.8. The third-order valence-electron chi connectivity index (χ3n) is 6.83. The normalized spacial score (nSPS) is 23.9. The van der Waals surface area contributed by atoms with Gasteiger partial charge in [0.05, 0.1) is 0 Å². The molecular weight excluding hydrogens is 368 g/mol. The Morgan fingerprint density at radius 1 is 1.00 bits per heavy atom. The number of amides is 2. The summed E-state index contributed by atoms with van der Waals surface area (Å²) in [5.74, 6) is 2.47. The predicted molar refractivity (Wildman–Crippen MR) is 110 cm³/mol. The number of Topliss-reactive ketones (excluding diaryl/α,β-unsaturated/α-hetero) is 1. The molecule has 7 heteroatoms. The van der Waals surface area contributed by atoms with E-state index in [1.165, 1.54) is 0 Å². The van der Waals surface area contributed by atoms with Crippen LogP contribution in [0.1, 0.15) is 55.8 Å². The van der Waals surface area contributed by atoms with Crippen LogP contribution in [0.3, 0.4) is 0 Å². The zero-order valence-corrected chi connectivity index (χ0v) is 17.1. The number of hydrogen-bond acceptors (Lipinski definition) is 5. The van der Waals surface area contributed by atoms with Gasteiger partial charge in [0.2, 0.25) is 11.8 Å². The minimum atomic E-state index is -0.302. The van der Waals surface area contributed by atoms with Crippen LogP contribution in [0.5, 0.6) is 0 Å². The van der Waals surface area contributed by atoms with Crippen molar-refractivity contribution in [3.63, 3.8) is 0 Å². The van der Waals surface area contributed by atoms with Gasteiger partial charge in [0, 0.05) is 44.4 Å². The van der Waals surface area contributed by atoms with E-state index in [-0.39, 0.29) is 23.6 Å². The monoisotopic (exact) mass is 398 g/mol. The number of nitrogens with one attached hydrogen (secondary N) is 1. The minimum absolute atomic E-state index is 0.00424. The summed E-state index contributed by atoms with van der Waals surface area (Å²) in [5.41, 5.74) is 0.655. The molecule has 1 N–H and O–H groups in total. The number of ketones is 1. The molecule has 0 aromatic carbocycles. The number of pyridine rings is 1. The number of piperidine rings is 2. The molecule has 1 atom stereocenters. The molecule has 0 saturated carbocycles. The van der Waals surface area contributed by atoms with Crippen molar-refractivity contribution < 1.29 is 14.4 Å². The van der Waals surface area contributed by atoms with E-state index in [9.17, 15) is 14.4 Å². The molecule has 156 valence electrons. The zero-order chi connectivity index (χ0) is 20.4. The van der Waals surface area contributed by atoms with Gasteiger partial charge in [0.1, 0.15) is 11.9 Å². The Morgan fingerprint density at radius 2 is 1.66 bits per heavy atom. The average molecular weight is 399 g/mol. The van der Waals surface area contributed by atoms with Gasteiger partial charge in [-0.1, -0.05) is 0 Å². The van der Waals surface area contributed by atoms with E-state index < -0.39 is 0 Å². The third kappa shape index (κ3) is 4.43. The highest BCUT2D eigenvalue weighted by atomic mass is 16.2. The molecule has 1 aromatic heterocycles. The topological polar surface area (TPSA) is 82.6 Å². The fourth-order valence-electron chi connectivity index (χ4n) is 4.99. The lowest BCUT2D eigenvalue weighted by Crippen LogP contribution is -2.48.